The molecule has 0 bridgehead atoms. The number of ether oxygens (including phenoxy) is 1. The van der Waals surface area contributed by atoms with Gasteiger partial charge in [0.1, 0.15) is 0 Å². The standard InChI is InChI=1S/C14H21NO3S/c1-14(7-8-19(16,17)11-14)15-9-12-5-3-4-6-13(12)10-18-2/h3-6,15H,7-11H2,1-2H3. The van der Waals surface area contributed by atoms with Crippen molar-refractivity contribution in [3.8, 4) is 0 Å². The van der Waals surface area contributed by atoms with Crippen LogP contribution in [0.4, 0.5) is 0 Å². The third-order valence-electron chi connectivity index (χ3n) is 3.63. The van der Waals surface area contributed by atoms with Crippen molar-refractivity contribution in [3.05, 3.63) is 35.4 Å². The maximum Gasteiger partial charge on any atom is 0.152 e. The van der Waals surface area contributed by atoms with Crippen molar-refractivity contribution in [1.29, 1.82) is 0 Å². The molecule has 19 heavy (non-hydrogen) atoms. The van der Waals surface area contributed by atoms with Gasteiger partial charge in [0, 0.05) is 19.2 Å². The lowest BCUT2D eigenvalue weighted by Gasteiger charge is -2.24. The Bertz CT molecular complexity index is 541. The molecular formula is C14H21NO3S. The van der Waals surface area contributed by atoms with Crippen LogP contribution in [0.25, 0.3) is 0 Å². The second-order valence-electron chi connectivity index (χ2n) is 5.46. The Balaban J connectivity index is 2.03. The van der Waals surface area contributed by atoms with Crippen LogP contribution in [0.15, 0.2) is 24.3 Å². The van der Waals surface area contributed by atoms with Crippen molar-refractivity contribution in [1.82, 2.24) is 5.32 Å². The molecule has 1 fully saturated rings. The summed E-state index contributed by atoms with van der Waals surface area (Å²) in [4.78, 5) is 0. The van der Waals surface area contributed by atoms with E-state index in [9.17, 15) is 8.42 Å². The van der Waals surface area contributed by atoms with Crippen molar-refractivity contribution in [3.63, 3.8) is 0 Å². The number of hydrogen-bond acceptors (Lipinski definition) is 4. The van der Waals surface area contributed by atoms with Gasteiger partial charge in [-0.25, -0.2) is 8.42 Å². The van der Waals surface area contributed by atoms with E-state index in [1.54, 1.807) is 7.11 Å². The molecule has 1 unspecified atom stereocenters. The van der Waals surface area contributed by atoms with E-state index in [0.717, 1.165) is 11.1 Å². The molecule has 0 amide bonds. The van der Waals surface area contributed by atoms with Crippen LogP contribution in [-0.4, -0.2) is 32.6 Å². The molecule has 0 saturated carbocycles. The zero-order valence-electron chi connectivity index (χ0n) is 11.5. The minimum Gasteiger partial charge on any atom is -0.380 e. The molecule has 1 saturated heterocycles. The van der Waals surface area contributed by atoms with Crippen LogP contribution in [-0.2, 0) is 27.7 Å². The molecule has 1 heterocycles. The maximum absolute atomic E-state index is 11.6. The Morgan fingerprint density at radius 2 is 2.00 bits per heavy atom. The van der Waals surface area contributed by atoms with E-state index in [4.69, 9.17) is 4.74 Å². The van der Waals surface area contributed by atoms with Gasteiger partial charge in [-0.1, -0.05) is 24.3 Å². The normalized spacial score (nSPS) is 25.6. The maximum atomic E-state index is 11.6. The van der Waals surface area contributed by atoms with Crippen LogP contribution in [0.2, 0.25) is 0 Å². The van der Waals surface area contributed by atoms with E-state index < -0.39 is 9.84 Å². The SMILES string of the molecule is COCc1ccccc1CNC1(C)CCS(=O)(=O)C1. The van der Waals surface area contributed by atoms with Gasteiger partial charge in [-0.05, 0) is 24.5 Å². The highest BCUT2D eigenvalue weighted by Gasteiger charge is 2.37. The van der Waals surface area contributed by atoms with Gasteiger partial charge < -0.3 is 10.1 Å². The van der Waals surface area contributed by atoms with Crippen LogP contribution in [0, 0.1) is 0 Å². The topological polar surface area (TPSA) is 55.4 Å². The van der Waals surface area contributed by atoms with Gasteiger partial charge in [0.25, 0.3) is 0 Å². The van der Waals surface area contributed by atoms with Crippen molar-refractivity contribution in [2.45, 2.75) is 32.0 Å². The Kier molecular flexibility index (Phi) is 4.28. The molecule has 0 aromatic heterocycles. The predicted molar refractivity (Wildman–Crippen MR) is 75.7 cm³/mol. The molecular weight excluding hydrogens is 262 g/mol. The second kappa shape index (κ2) is 5.61. The van der Waals surface area contributed by atoms with Gasteiger partial charge in [-0.15, -0.1) is 0 Å². The third kappa shape index (κ3) is 3.78. The fourth-order valence-electron chi connectivity index (χ4n) is 2.48. The summed E-state index contributed by atoms with van der Waals surface area (Å²) in [6, 6.07) is 8.06. The molecule has 2 rings (SSSR count). The first kappa shape index (κ1) is 14.5. The molecule has 106 valence electrons. The number of hydrogen-bond donors (Lipinski definition) is 1. The molecule has 0 radical (unpaired) electrons. The molecule has 0 aliphatic carbocycles. The Morgan fingerprint density at radius 1 is 1.32 bits per heavy atom. The average Bonchev–Trinajstić information content (AvgIpc) is 2.64. The van der Waals surface area contributed by atoms with E-state index in [1.165, 1.54) is 0 Å². The monoisotopic (exact) mass is 283 g/mol. The Labute approximate surface area is 115 Å². The van der Waals surface area contributed by atoms with Gasteiger partial charge in [-0.2, -0.15) is 0 Å². The quantitative estimate of drug-likeness (QED) is 0.890. The van der Waals surface area contributed by atoms with Crippen molar-refractivity contribution in [2.24, 2.45) is 0 Å². The third-order valence-corrected chi connectivity index (χ3v) is 5.53. The minimum absolute atomic E-state index is 0.229. The molecule has 4 nitrogen and oxygen atoms in total. The van der Waals surface area contributed by atoms with Gasteiger partial charge in [0.15, 0.2) is 9.84 Å². The first-order valence-corrected chi connectivity index (χ1v) is 8.27. The van der Waals surface area contributed by atoms with Crippen molar-refractivity contribution >= 4 is 9.84 Å². The first-order chi connectivity index (χ1) is 8.94. The summed E-state index contributed by atoms with van der Waals surface area (Å²) in [7, 11) is -1.19. The predicted octanol–water partition coefficient (Wildman–Crippen LogP) is 1.50. The van der Waals surface area contributed by atoms with E-state index in [2.05, 4.69) is 5.32 Å². The molecule has 5 heteroatoms. The van der Waals surface area contributed by atoms with Gasteiger partial charge in [0.2, 0.25) is 0 Å². The minimum atomic E-state index is -2.87. The summed E-state index contributed by atoms with van der Waals surface area (Å²) in [5.41, 5.74) is 2.00. The van der Waals surface area contributed by atoms with E-state index in [1.807, 2.05) is 31.2 Å². The number of nitrogens with one attached hydrogen (secondary N) is 1. The average molecular weight is 283 g/mol. The van der Waals surface area contributed by atoms with Crippen LogP contribution in [0.3, 0.4) is 0 Å². The Hall–Kier alpha value is -0.910. The molecule has 1 aliphatic rings. The fraction of sp³-hybridized carbons (Fsp3) is 0.571. The number of methoxy groups -OCH3 is 1. The number of sulfone groups is 1. The van der Waals surface area contributed by atoms with E-state index in [0.29, 0.717) is 19.6 Å². The molecule has 1 aromatic carbocycles. The summed E-state index contributed by atoms with van der Waals surface area (Å²) in [5.74, 6) is 0.517. The molecule has 1 aromatic rings. The number of benzene rings is 1. The summed E-state index contributed by atoms with van der Waals surface area (Å²) in [6.07, 6.45) is 0.682. The zero-order valence-corrected chi connectivity index (χ0v) is 12.3. The van der Waals surface area contributed by atoms with Gasteiger partial charge in [-0.3, -0.25) is 0 Å². The summed E-state index contributed by atoms with van der Waals surface area (Å²) in [6.45, 7) is 3.23. The smallest absolute Gasteiger partial charge is 0.152 e. The lowest BCUT2D eigenvalue weighted by atomic mass is 10.0. The van der Waals surface area contributed by atoms with E-state index in [-0.39, 0.29) is 17.0 Å². The molecule has 1 aliphatic heterocycles. The molecule has 1 atom stereocenters. The summed E-state index contributed by atoms with van der Waals surface area (Å²) >= 11 is 0. The van der Waals surface area contributed by atoms with Crippen LogP contribution in [0.5, 0.6) is 0 Å². The lowest BCUT2D eigenvalue weighted by Crippen LogP contribution is -2.43. The van der Waals surface area contributed by atoms with Crippen molar-refractivity contribution in [2.75, 3.05) is 18.6 Å². The van der Waals surface area contributed by atoms with Gasteiger partial charge in [0.05, 0.1) is 18.1 Å². The summed E-state index contributed by atoms with van der Waals surface area (Å²) < 4.78 is 28.3. The molecule has 0 spiro atoms. The van der Waals surface area contributed by atoms with Gasteiger partial charge >= 0.3 is 0 Å². The molecule has 1 N–H and O–H groups in total. The highest BCUT2D eigenvalue weighted by Crippen LogP contribution is 2.23. The number of rotatable bonds is 5. The first-order valence-electron chi connectivity index (χ1n) is 6.45. The summed E-state index contributed by atoms with van der Waals surface area (Å²) in [5, 5.41) is 3.39. The highest BCUT2D eigenvalue weighted by molar-refractivity contribution is 7.91. The van der Waals surface area contributed by atoms with Crippen molar-refractivity contribution < 1.29 is 13.2 Å². The Morgan fingerprint density at radius 3 is 2.58 bits per heavy atom. The van der Waals surface area contributed by atoms with Crippen LogP contribution < -0.4 is 5.32 Å². The zero-order chi connectivity index (χ0) is 13.9. The van der Waals surface area contributed by atoms with Crippen LogP contribution in [0.1, 0.15) is 24.5 Å². The highest BCUT2D eigenvalue weighted by atomic mass is 32.2. The van der Waals surface area contributed by atoms with Crippen LogP contribution >= 0.6 is 0 Å². The fourth-order valence-corrected chi connectivity index (χ4v) is 4.61. The largest absolute Gasteiger partial charge is 0.380 e. The second-order valence-corrected chi connectivity index (χ2v) is 7.64. The lowest BCUT2D eigenvalue weighted by molar-refractivity contribution is 0.184. The van der Waals surface area contributed by atoms with E-state index >= 15 is 0 Å².